The molecule has 1 spiro atoms. The highest BCUT2D eigenvalue weighted by molar-refractivity contribution is 7.89. The van der Waals surface area contributed by atoms with Crippen LogP contribution in [0.2, 0.25) is 0 Å². The van der Waals surface area contributed by atoms with Gasteiger partial charge in [0.25, 0.3) is 0 Å². The summed E-state index contributed by atoms with van der Waals surface area (Å²) in [5, 5.41) is 9.48. The van der Waals surface area contributed by atoms with Crippen molar-refractivity contribution in [2.45, 2.75) is 43.2 Å². The Kier molecular flexibility index (Phi) is 3.30. The summed E-state index contributed by atoms with van der Waals surface area (Å²) >= 11 is 0. The van der Waals surface area contributed by atoms with Crippen molar-refractivity contribution in [2.75, 3.05) is 13.2 Å². The summed E-state index contributed by atoms with van der Waals surface area (Å²) in [6.45, 7) is 1.37. The van der Waals surface area contributed by atoms with Crippen molar-refractivity contribution in [3.8, 4) is 0 Å². The van der Waals surface area contributed by atoms with E-state index in [1.165, 1.54) is 0 Å². The third-order valence-corrected chi connectivity index (χ3v) is 7.29. The largest absolute Gasteiger partial charge is 0.480 e. The number of ether oxygens (including phenoxy) is 1. The Labute approximate surface area is 135 Å². The van der Waals surface area contributed by atoms with Gasteiger partial charge in [-0.05, 0) is 42.5 Å². The van der Waals surface area contributed by atoms with Gasteiger partial charge in [0, 0.05) is 12.0 Å². The Balaban J connectivity index is 1.67. The summed E-state index contributed by atoms with van der Waals surface area (Å²) < 4.78 is 32.3. The maximum absolute atomic E-state index is 12.9. The highest BCUT2D eigenvalue weighted by Crippen LogP contribution is 2.54. The van der Waals surface area contributed by atoms with E-state index in [0.717, 1.165) is 41.1 Å². The van der Waals surface area contributed by atoms with Crippen molar-refractivity contribution in [1.82, 2.24) is 4.31 Å². The van der Waals surface area contributed by atoms with Gasteiger partial charge in [0.2, 0.25) is 10.0 Å². The minimum Gasteiger partial charge on any atom is -0.480 e. The number of hydrogen-bond acceptors (Lipinski definition) is 4. The van der Waals surface area contributed by atoms with Crippen LogP contribution in [0.1, 0.15) is 30.4 Å². The molecule has 1 aromatic rings. The summed E-state index contributed by atoms with van der Waals surface area (Å²) in [4.78, 5) is 11.8. The van der Waals surface area contributed by atoms with Crippen LogP contribution in [0.15, 0.2) is 23.1 Å². The zero-order valence-electron chi connectivity index (χ0n) is 12.7. The van der Waals surface area contributed by atoms with Gasteiger partial charge in [-0.25, -0.2) is 8.42 Å². The number of rotatable bonds is 3. The molecular weight excluding hydrogens is 318 g/mol. The molecule has 124 valence electrons. The maximum Gasteiger partial charge on any atom is 0.322 e. The lowest BCUT2D eigenvalue weighted by molar-refractivity contribution is -0.164. The molecule has 1 aliphatic carbocycles. The van der Waals surface area contributed by atoms with Crippen LogP contribution in [-0.2, 0) is 32.6 Å². The van der Waals surface area contributed by atoms with Crippen LogP contribution >= 0.6 is 0 Å². The summed E-state index contributed by atoms with van der Waals surface area (Å²) in [5.41, 5.74) is 1.64. The molecule has 0 aromatic heterocycles. The van der Waals surface area contributed by atoms with Gasteiger partial charge < -0.3 is 9.84 Å². The fourth-order valence-corrected chi connectivity index (χ4v) is 5.81. The molecule has 1 N–H and O–H groups in total. The predicted octanol–water partition coefficient (Wildman–Crippen LogP) is 1.39. The van der Waals surface area contributed by atoms with Crippen LogP contribution in [-0.4, -0.2) is 43.0 Å². The van der Waals surface area contributed by atoms with Crippen LogP contribution in [0.25, 0.3) is 0 Å². The lowest BCUT2D eigenvalue weighted by Crippen LogP contribution is -2.71. The van der Waals surface area contributed by atoms with Crippen molar-refractivity contribution in [3.05, 3.63) is 29.3 Å². The second-order valence-electron chi connectivity index (χ2n) is 6.74. The number of hydrogen-bond donors (Lipinski definition) is 1. The molecule has 1 aromatic carbocycles. The first-order valence-corrected chi connectivity index (χ1v) is 9.32. The van der Waals surface area contributed by atoms with Gasteiger partial charge in [-0.3, -0.25) is 4.79 Å². The fraction of sp³-hybridized carbons (Fsp3) is 0.562. The number of carboxylic acids is 1. The molecule has 1 atom stereocenters. The van der Waals surface area contributed by atoms with E-state index in [1.54, 1.807) is 12.1 Å². The van der Waals surface area contributed by atoms with E-state index >= 15 is 0 Å². The topological polar surface area (TPSA) is 83.9 Å². The summed E-state index contributed by atoms with van der Waals surface area (Å²) in [6, 6.07) is 4.12. The second kappa shape index (κ2) is 5.03. The van der Waals surface area contributed by atoms with E-state index in [4.69, 9.17) is 4.74 Å². The number of aliphatic carboxylic acids is 1. The summed E-state index contributed by atoms with van der Waals surface area (Å²) in [6.07, 6.45) is 3.36. The van der Waals surface area contributed by atoms with Gasteiger partial charge in [-0.2, -0.15) is 4.31 Å². The van der Waals surface area contributed by atoms with E-state index in [1.807, 2.05) is 6.07 Å². The molecule has 0 radical (unpaired) electrons. The third-order valence-electron chi connectivity index (χ3n) is 5.48. The number of benzene rings is 1. The molecule has 4 rings (SSSR count). The van der Waals surface area contributed by atoms with Crippen LogP contribution in [0, 0.1) is 5.41 Å². The van der Waals surface area contributed by atoms with Crippen molar-refractivity contribution in [2.24, 2.45) is 5.41 Å². The Morgan fingerprint density at radius 2 is 2.09 bits per heavy atom. The quantitative estimate of drug-likeness (QED) is 0.901. The lowest BCUT2D eigenvalue weighted by Gasteiger charge is -2.59. The monoisotopic (exact) mass is 337 g/mol. The van der Waals surface area contributed by atoms with Gasteiger partial charge in [-0.15, -0.1) is 0 Å². The van der Waals surface area contributed by atoms with Crippen molar-refractivity contribution in [3.63, 3.8) is 0 Å². The molecule has 2 aliphatic heterocycles. The van der Waals surface area contributed by atoms with E-state index < -0.39 is 22.0 Å². The predicted molar refractivity (Wildman–Crippen MR) is 81.4 cm³/mol. The molecular formula is C16H19NO5S. The van der Waals surface area contributed by atoms with Gasteiger partial charge in [0.15, 0.2) is 0 Å². The molecule has 1 saturated carbocycles. The molecule has 7 heteroatoms. The highest BCUT2D eigenvalue weighted by Gasteiger charge is 2.63. The van der Waals surface area contributed by atoms with Gasteiger partial charge >= 0.3 is 5.97 Å². The standard InChI is InChI=1S/C16H19NO5S/c18-15(19)14-16(5-1-6-16)10-17(14)23(20,21)13-3-2-11-4-7-22-9-12(11)8-13/h2-3,8,14H,1,4-7,9-10H2,(H,18,19). The Hall–Kier alpha value is -1.44. The zero-order chi connectivity index (χ0) is 16.2. The van der Waals surface area contributed by atoms with Crippen LogP contribution < -0.4 is 0 Å². The first kappa shape index (κ1) is 15.1. The third kappa shape index (κ3) is 2.14. The molecule has 1 unspecified atom stereocenters. The Morgan fingerprint density at radius 3 is 2.74 bits per heavy atom. The van der Waals surface area contributed by atoms with Gasteiger partial charge in [-0.1, -0.05) is 12.5 Å². The maximum atomic E-state index is 12.9. The molecule has 0 amide bonds. The molecule has 3 aliphatic rings. The zero-order valence-corrected chi connectivity index (χ0v) is 13.5. The highest BCUT2D eigenvalue weighted by atomic mass is 32.2. The van der Waals surface area contributed by atoms with Crippen molar-refractivity contribution in [1.29, 1.82) is 0 Å². The second-order valence-corrected chi connectivity index (χ2v) is 8.63. The van der Waals surface area contributed by atoms with E-state index in [0.29, 0.717) is 19.8 Å². The van der Waals surface area contributed by atoms with E-state index in [2.05, 4.69) is 0 Å². The SMILES string of the molecule is O=C(O)C1N(S(=O)(=O)c2ccc3c(c2)COCC3)CC12CCC2. The molecule has 0 bridgehead atoms. The Bertz CT molecular complexity index is 769. The Morgan fingerprint density at radius 1 is 1.30 bits per heavy atom. The number of carbonyl (C=O) groups is 1. The molecule has 23 heavy (non-hydrogen) atoms. The number of sulfonamides is 1. The first-order chi connectivity index (χ1) is 10.9. The van der Waals surface area contributed by atoms with Crippen molar-refractivity contribution >= 4 is 16.0 Å². The lowest BCUT2D eigenvalue weighted by atomic mass is 9.59. The molecule has 2 heterocycles. The molecule has 1 saturated heterocycles. The van der Waals surface area contributed by atoms with Gasteiger partial charge in [0.1, 0.15) is 6.04 Å². The van der Waals surface area contributed by atoms with E-state index in [9.17, 15) is 18.3 Å². The molecule has 2 fully saturated rings. The van der Waals surface area contributed by atoms with Crippen LogP contribution in [0.4, 0.5) is 0 Å². The average molecular weight is 337 g/mol. The van der Waals surface area contributed by atoms with E-state index in [-0.39, 0.29) is 10.3 Å². The normalized spacial score (nSPS) is 26.2. The van der Waals surface area contributed by atoms with Crippen LogP contribution in [0.3, 0.4) is 0 Å². The average Bonchev–Trinajstić information content (AvgIpc) is 2.43. The van der Waals surface area contributed by atoms with Gasteiger partial charge in [0.05, 0.1) is 18.1 Å². The number of fused-ring (bicyclic) bond motifs is 1. The van der Waals surface area contributed by atoms with Crippen molar-refractivity contribution < 1.29 is 23.1 Å². The fourth-order valence-electron chi connectivity index (χ4n) is 3.99. The minimum absolute atomic E-state index is 0.169. The summed E-state index contributed by atoms with van der Waals surface area (Å²) in [5.74, 6) is -1.04. The molecule has 6 nitrogen and oxygen atoms in total. The smallest absolute Gasteiger partial charge is 0.322 e. The summed E-state index contributed by atoms with van der Waals surface area (Å²) in [7, 11) is -3.78. The van der Waals surface area contributed by atoms with Crippen LogP contribution in [0.5, 0.6) is 0 Å². The number of nitrogens with zero attached hydrogens (tertiary/aromatic N) is 1. The minimum atomic E-state index is -3.78. The first-order valence-electron chi connectivity index (χ1n) is 7.88. The number of carboxylic acid groups (broad SMARTS) is 1.